The van der Waals surface area contributed by atoms with Crippen LogP contribution in [-0.2, 0) is 0 Å². The van der Waals surface area contributed by atoms with E-state index >= 15 is 0 Å². The molecule has 0 radical (unpaired) electrons. The van der Waals surface area contributed by atoms with Crippen LogP contribution < -0.4 is 10.6 Å². The summed E-state index contributed by atoms with van der Waals surface area (Å²) in [5, 5.41) is 18.3. The number of amides is 1. The van der Waals surface area contributed by atoms with Crippen LogP contribution in [0.25, 0.3) is 11.0 Å². The van der Waals surface area contributed by atoms with Gasteiger partial charge in [0.15, 0.2) is 0 Å². The molecule has 0 unspecified atom stereocenters. The first-order chi connectivity index (χ1) is 13.0. The second-order valence-electron chi connectivity index (χ2n) is 6.79. The standard InChI is InChI=1S/C20H19N3O4/c1-12(19-11-13-4-2-3-5-18(13)27-19)21-20(24)14-6-9-16(22-15-7-8-15)17(10-14)23(25)26/h2-6,9-12,15,22H,7-8H2,1H3,(H,21,24)/t12-/m1/s1. The second-order valence-corrected chi connectivity index (χ2v) is 6.79. The molecule has 2 N–H and O–H groups in total. The van der Waals surface area contributed by atoms with Gasteiger partial charge in [-0.15, -0.1) is 0 Å². The number of nitro benzene ring substituents is 1. The molecule has 0 saturated heterocycles. The molecular formula is C20H19N3O4. The van der Waals surface area contributed by atoms with Crippen LogP contribution in [-0.4, -0.2) is 16.9 Å². The molecule has 0 bridgehead atoms. The Morgan fingerprint density at radius 2 is 2.00 bits per heavy atom. The summed E-state index contributed by atoms with van der Waals surface area (Å²) in [6.45, 7) is 1.81. The number of nitrogens with zero attached hydrogens (tertiary/aromatic N) is 1. The molecule has 27 heavy (non-hydrogen) atoms. The molecule has 0 aliphatic heterocycles. The van der Waals surface area contributed by atoms with E-state index in [0.717, 1.165) is 23.8 Å². The maximum absolute atomic E-state index is 12.6. The Kier molecular flexibility index (Phi) is 4.27. The van der Waals surface area contributed by atoms with Gasteiger partial charge in [0.05, 0.1) is 11.0 Å². The summed E-state index contributed by atoms with van der Waals surface area (Å²) in [4.78, 5) is 23.5. The van der Waals surface area contributed by atoms with Gasteiger partial charge in [-0.1, -0.05) is 18.2 Å². The minimum atomic E-state index is -0.468. The van der Waals surface area contributed by atoms with Crippen molar-refractivity contribution in [2.24, 2.45) is 0 Å². The summed E-state index contributed by atoms with van der Waals surface area (Å²) in [6.07, 6.45) is 2.02. The highest BCUT2D eigenvalue weighted by Crippen LogP contribution is 2.32. The average Bonchev–Trinajstić information content (AvgIpc) is 3.36. The SMILES string of the molecule is C[C@@H](NC(=O)c1ccc(NC2CC2)c([N+](=O)[O-])c1)c1cc2ccccc2o1. The summed E-state index contributed by atoms with van der Waals surface area (Å²) in [5.41, 5.74) is 1.35. The number of nitrogens with one attached hydrogen (secondary N) is 2. The molecule has 3 aromatic rings. The predicted molar refractivity (Wildman–Crippen MR) is 102 cm³/mol. The smallest absolute Gasteiger partial charge is 0.293 e. The Morgan fingerprint density at radius 3 is 2.70 bits per heavy atom. The van der Waals surface area contributed by atoms with E-state index in [1.165, 1.54) is 6.07 Å². The molecule has 2 aromatic carbocycles. The van der Waals surface area contributed by atoms with Gasteiger partial charge in [-0.05, 0) is 44.0 Å². The summed E-state index contributed by atoms with van der Waals surface area (Å²) < 4.78 is 5.77. The number of hydrogen-bond donors (Lipinski definition) is 2. The second kappa shape index (κ2) is 6.75. The molecule has 1 aliphatic rings. The highest BCUT2D eigenvalue weighted by atomic mass is 16.6. The van der Waals surface area contributed by atoms with E-state index in [1.54, 1.807) is 12.1 Å². The summed E-state index contributed by atoms with van der Waals surface area (Å²) in [5.74, 6) is 0.245. The number of fused-ring (bicyclic) bond motifs is 1. The van der Waals surface area contributed by atoms with Crippen LogP contribution in [0.5, 0.6) is 0 Å². The van der Waals surface area contributed by atoms with Crippen molar-refractivity contribution in [1.29, 1.82) is 0 Å². The Balaban J connectivity index is 1.53. The number of anilines is 1. The topological polar surface area (TPSA) is 97.4 Å². The summed E-state index contributed by atoms with van der Waals surface area (Å²) >= 11 is 0. The van der Waals surface area contributed by atoms with Gasteiger partial charge < -0.3 is 15.1 Å². The summed E-state index contributed by atoms with van der Waals surface area (Å²) in [7, 11) is 0. The number of hydrogen-bond acceptors (Lipinski definition) is 5. The van der Waals surface area contributed by atoms with Gasteiger partial charge in [0, 0.05) is 23.1 Å². The molecule has 1 fully saturated rings. The van der Waals surface area contributed by atoms with Crippen LogP contribution >= 0.6 is 0 Å². The van der Waals surface area contributed by atoms with Crippen molar-refractivity contribution in [1.82, 2.24) is 5.32 Å². The molecule has 1 amide bonds. The van der Waals surface area contributed by atoms with E-state index in [1.807, 2.05) is 37.3 Å². The number of benzene rings is 2. The van der Waals surface area contributed by atoms with Gasteiger partial charge in [0.25, 0.3) is 11.6 Å². The van der Waals surface area contributed by atoms with Crippen molar-refractivity contribution in [3.63, 3.8) is 0 Å². The van der Waals surface area contributed by atoms with Gasteiger partial charge in [0.2, 0.25) is 0 Å². The fraction of sp³-hybridized carbons (Fsp3) is 0.250. The van der Waals surface area contributed by atoms with Crippen molar-refractivity contribution in [2.75, 3.05) is 5.32 Å². The van der Waals surface area contributed by atoms with E-state index in [-0.39, 0.29) is 29.2 Å². The van der Waals surface area contributed by atoms with Gasteiger partial charge in [-0.3, -0.25) is 14.9 Å². The minimum absolute atomic E-state index is 0.0917. The third-order valence-corrected chi connectivity index (χ3v) is 4.61. The average molecular weight is 365 g/mol. The number of carbonyl (C=O) groups is 1. The first-order valence-corrected chi connectivity index (χ1v) is 8.85. The number of rotatable bonds is 6. The van der Waals surface area contributed by atoms with E-state index < -0.39 is 4.92 Å². The molecule has 0 spiro atoms. The van der Waals surface area contributed by atoms with Crippen LogP contribution in [0.4, 0.5) is 11.4 Å². The monoisotopic (exact) mass is 365 g/mol. The molecule has 1 aliphatic carbocycles. The van der Waals surface area contributed by atoms with Crippen molar-refractivity contribution >= 4 is 28.3 Å². The molecule has 1 atom stereocenters. The van der Waals surface area contributed by atoms with Gasteiger partial charge in [0.1, 0.15) is 17.0 Å². The van der Waals surface area contributed by atoms with Gasteiger partial charge in [-0.25, -0.2) is 0 Å². The normalized spacial score (nSPS) is 14.7. The van der Waals surface area contributed by atoms with Crippen LogP contribution in [0.1, 0.15) is 41.9 Å². The summed E-state index contributed by atoms with van der Waals surface area (Å²) in [6, 6.07) is 13.9. The lowest BCUT2D eigenvalue weighted by Crippen LogP contribution is -2.26. The number of furan rings is 1. The number of carbonyl (C=O) groups excluding carboxylic acids is 1. The van der Waals surface area contributed by atoms with Crippen LogP contribution in [0.15, 0.2) is 52.9 Å². The molecular weight excluding hydrogens is 346 g/mol. The quantitative estimate of drug-likeness (QED) is 0.498. The third-order valence-electron chi connectivity index (χ3n) is 4.61. The molecule has 1 aromatic heterocycles. The molecule has 7 heteroatoms. The maximum atomic E-state index is 12.6. The van der Waals surface area contributed by atoms with E-state index in [9.17, 15) is 14.9 Å². The molecule has 1 heterocycles. The predicted octanol–water partition coefficient (Wildman–Crippen LogP) is 4.41. The lowest BCUT2D eigenvalue weighted by atomic mass is 10.1. The van der Waals surface area contributed by atoms with Gasteiger partial charge in [-0.2, -0.15) is 0 Å². The van der Waals surface area contributed by atoms with Gasteiger partial charge >= 0.3 is 0 Å². The van der Waals surface area contributed by atoms with Crippen LogP contribution in [0.3, 0.4) is 0 Å². The van der Waals surface area contributed by atoms with E-state index in [2.05, 4.69) is 10.6 Å². The lowest BCUT2D eigenvalue weighted by Gasteiger charge is -2.12. The maximum Gasteiger partial charge on any atom is 0.293 e. The lowest BCUT2D eigenvalue weighted by molar-refractivity contribution is -0.384. The minimum Gasteiger partial charge on any atom is -0.459 e. The molecule has 1 saturated carbocycles. The Labute approximate surface area is 155 Å². The molecule has 4 rings (SSSR count). The first-order valence-electron chi connectivity index (χ1n) is 8.85. The van der Waals surface area contributed by atoms with E-state index in [0.29, 0.717) is 11.4 Å². The molecule has 138 valence electrons. The van der Waals surface area contributed by atoms with Crippen LogP contribution in [0.2, 0.25) is 0 Å². The largest absolute Gasteiger partial charge is 0.459 e. The highest BCUT2D eigenvalue weighted by molar-refractivity contribution is 5.96. The third kappa shape index (κ3) is 3.62. The van der Waals surface area contributed by atoms with Crippen molar-refractivity contribution in [3.05, 3.63) is 70.0 Å². The Bertz CT molecular complexity index is 990. The fourth-order valence-corrected chi connectivity index (χ4v) is 2.96. The first kappa shape index (κ1) is 17.1. The highest BCUT2D eigenvalue weighted by Gasteiger charge is 2.26. The number of nitro groups is 1. The zero-order chi connectivity index (χ0) is 19.0. The zero-order valence-corrected chi connectivity index (χ0v) is 14.8. The van der Waals surface area contributed by atoms with Crippen molar-refractivity contribution in [2.45, 2.75) is 31.8 Å². The zero-order valence-electron chi connectivity index (χ0n) is 14.8. The Morgan fingerprint density at radius 1 is 1.22 bits per heavy atom. The van der Waals surface area contributed by atoms with Crippen molar-refractivity contribution in [3.8, 4) is 0 Å². The molecule has 7 nitrogen and oxygen atoms in total. The van der Waals surface area contributed by atoms with Crippen LogP contribution in [0, 0.1) is 10.1 Å². The van der Waals surface area contributed by atoms with E-state index in [4.69, 9.17) is 4.42 Å². The number of para-hydroxylation sites is 1. The fourth-order valence-electron chi connectivity index (χ4n) is 2.96. The van der Waals surface area contributed by atoms with Crippen molar-refractivity contribution < 1.29 is 14.1 Å². The Hall–Kier alpha value is -3.35.